The van der Waals surface area contributed by atoms with Crippen molar-refractivity contribution in [3.63, 3.8) is 0 Å². The third-order valence-corrected chi connectivity index (χ3v) is 3.28. The van der Waals surface area contributed by atoms with Gasteiger partial charge in [-0.2, -0.15) is 13.2 Å². The maximum Gasteiger partial charge on any atom is 0.416 e. The average Bonchev–Trinajstić information content (AvgIpc) is 2.82. The largest absolute Gasteiger partial charge is 0.416 e. The standard InChI is InChI=1S/C14H15F3N2O3/c1-8(20)18-11-5-9(4-10(6-11)14(15,16)17)13(22)19-3-2-12(21)7-19/h4-6,12,21H,2-3,7H2,1H3,(H,18,20)/t12-/m0/s1. The molecule has 0 bridgehead atoms. The highest BCUT2D eigenvalue weighted by Gasteiger charge is 2.33. The molecule has 1 aromatic carbocycles. The van der Waals surface area contributed by atoms with E-state index in [4.69, 9.17) is 0 Å². The monoisotopic (exact) mass is 316 g/mol. The molecule has 0 spiro atoms. The zero-order valence-electron chi connectivity index (χ0n) is 11.8. The number of aliphatic hydroxyl groups is 1. The van der Waals surface area contributed by atoms with Crippen LogP contribution in [0, 0.1) is 0 Å². The second-order valence-corrected chi connectivity index (χ2v) is 5.17. The van der Waals surface area contributed by atoms with Gasteiger partial charge in [0.1, 0.15) is 0 Å². The molecule has 5 nitrogen and oxygen atoms in total. The number of hydrogen-bond donors (Lipinski definition) is 2. The van der Waals surface area contributed by atoms with Crippen LogP contribution in [0.1, 0.15) is 29.3 Å². The maximum absolute atomic E-state index is 12.9. The third-order valence-electron chi connectivity index (χ3n) is 3.28. The molecule has 1 aliphatic heterocycles. The van der Waals surface area contributed by atoms with E-state index in [0.29, 0.717) is 6.42 Å². The van der Waals surface area contributed by atoms with E-state index in [-0.39, 0.29) is 24.3 Å². The number of halogens is 3. The van der Waals surface area contributed by atoms with Crippen LogP contribution in [-0.2, 0) is 11.0 Å². The Hall–Kier alpha value is -2.09. The summed E-state index contributed by atoms with van der Waals surface area (Å²) < 4.78 is 38.7. The van der Waals surface area contributed by atoms with Crippen LogP contribution < -0.4 is 5.32 Å². The Kier molecular flexibility index (Phi) is 4.41. The number of nitrogens with one attached hydrogen (secondary N) is 1. The summed E-state index contributed by atoms with van der Waals surface area (Å²) in [6.45, 7) is 1.54. The highest BCUT2D eigenvalue weighted by Crippen LogP contribution is 2.32. The molecule has 8 heteroatoms. The summed E-state index contributed by atoms with van der Waals surface area (Å²) in [5, 5.41) is 11.7. The van der Waals surface area contributed by atoms with Gasteiger partial charge in [0, 0.05) is 31.3 Å². The number of benzene rings is 1. The van der Waals surface area contributed by atoms with Gasteiger partial charge in [0.2, 0.25) is 5.91 Å². The lowest BCUT2D eigenvalue weighted by Crippen LogP contribution is -2.30. The number of likely N-dealkylation sites (tertiary alicyclic amines) is 1. The van der Waals surface area contributed by atoms with E-state index in [2.05, 4.69) is 5.32 Å². The highest BCUT2D eigenvalue weighted by atomic mass is 19.4. The minimum atomic E-state index is -4.63. The minimum absolute atomic E-state index is 0.0878. The molecule has 1 aromatic rings. The second kappa shape index (κ2) is 5.96. The van der Waals surface area contributed by atoms with Crippen molar-refractivity contribution < 1.29 is 27.9 Å². The molecule has 0 saturated carbocycles. The van der Waals surface area contributed by atoms with Crippen molar-refractivity contribution in [1.82, 2.24) is 4.90 Å². The fraction of sp³-hybridized carbons (Fsp3) is 0.429. The van der Waals surface area contributed by atoms with Crippen LogP contribution in [0.4, 0.5) is 18.9 Å². The molecule has 22 heavy (non-hydrogen) atoms. The van der Waals surface area contributed by atoms with Crippen molar-refractivity contribution in [2.24, 2.45) is 0 Å². The van der Waals surface area contributed by atoms with Crippen LogP contribution in [0.15, 0.2) is 18.2 Å². The van der Waals surface area contributed by atoms with Gasteiger partial charge in [-0.1, -0.05) is 0 Å². The number of β-amino-alcohol motifs (C(OH)–C–C–N with tert-alkyl or cyclic N) is 1. The fourth-order valence-electron chi connectivity index (χ4n) is 2.30. The van der Waals surface area contributed by atoms with Crippen LogP contribution >= 0.6 is 0 Å². The summed E-state index contributed by atoms with van der Waals surface area (Å²) in [4.78, 5) is 24.6. The number of aliphatic hydroxyl groups excluding tert-OH is 1. The van der Waals surface area contributed by atoms with Gasteiger partial charge < -0.3 is 15.3 Å². The van der Waals surface area contributed by atoms with Crippen LogP contribution in [0.3, 0.4) is 0 Å². The first-order valence-electron chi connectivity index (χ1n) is 6.64. The molecular formula is C14H15F3N2O3. The molecule has 120 valence electrons. The zero-order valence-corrected chi connectivity index (χ0v) is 11.8. The summed E-state index contributed by atoms with van der Waals surface area (Å²) in [7, 11) is 0. The molecule has 0 unspecified atom stereocenters. The van der Waals surface area contributed by atoms with E-state index in [0.717, 1.165) is 12.1 Å². The molecule has 1 saturated heterocycles. The summed E-state index contributed by atoms with van der Waals surface area (Å²) in [6.07, 6.45) is -4.90. The van der Waals surface area contributed by atoms with Gasteiger partial charge in [0.05, 0.1) is 11.7 Å². The Balaban J connectivity index is 2.37. The van der Waals surface area contributed by atoms with Crippen molar-refractivity contribution >= 4 is 17.5 Å². The normalized spacial score (nSPS) is 18.4. The van der Waals surface area contributed by atoms with Gasteiger partial charge >= 0.3 is 6.18 Å². The fourth-order valence-corrected chi connectivity index (χ4v) is 2.30. The van der Waals surface area contributed by atoms with Gasteiger partial charge in [0.25, 0.3) is 5.91 Å². The van der Waals surface area contributed by atoms with Crippen molar-refractivity contribution in [1.29, 1.82) is 0 Å². The number of carbonyl (C=O) groups is 2. The molecular weight excluding hydrogens is 301 g/mol. The van der Waals surface area contributed by atoms with Gasteiger partial charge in [-0.25, -0.2) is 0 Å². The molecule has 2 rings (SSSR count). The van der Waals surface area contributed by atoms with Gasteiger partial charge in [-0.3, -0.25) is 9.59 Å². The molecule has 0 radical (unpaired) electrons. The van der Waals surface area contributed by atoms with Crippen LogP contribution in [-0.4, -0.2) is 41.0 Å². The minimum Gasteiger partial charge on any atom is -0.391 e. The van der Waals surface area contributed by atoms with E-state index in [1.807, 2.05) is 0 Å². The molecule has 1 aliphatic rings. The second-order valence-electron chi connectivity index (χ2n) is 5.17. The maximum atomic E-state index is 12.9. The quantitative estimate of drug-likeness (QED) is 0.875. The SMILES string of the molecule is CC(=O)Nc1cc(C(=O)N2CC[C@H](O)C2)cc(C(F)(F)F)c1. The lowest BCUT2D eigenvalue weighted by atomic mass is 10.1. The lowest BCUT2D eigenvalue weighted by molar-refractivity contribution is -0.137. The van der Waals surface area contributed by atoms with E-state index in [1.54, 1.807) is 0 Å². The molecule has 1 atom stereocenters. The summed E-state index contributed by atoms with van der Waals surface area (Å²) in [6, 6.07) is 2.72. The van der Waals surface area contributed by atoms with E-state index in [1.165, 1.54) is 17.9 Å². The van der Waals surface area contributed by atoms with Gasteiger partial charge in [-0.05, 0) is 24.6 Å². The van der Waals surface area contributed by atoms with Crippen molar-refractivity contribution in [2.75, 3.05) is 18.4 Å². The first kappa shape index (κ1) is 16.3. The van der Waals surface area contributed by atoms with Crippen LogP contribution in [0.25, 0.3) is 0 Å². The Morgan fingerprint density at radius 1 is 1.32 bits per heavy atom. The Labute approximate surface area is 124 Å². The predicted octanol–water partition coefficient (Wildman–Crippen LogP) is 1.87. The van der Waals surface area contributed by atoms with Gasteiger partial charge in [-0.15, -0.1) is 0 Å². The topological polar surface area (TPSA) is 69.6 Å². The van der Waals surface area contributed by atoms with Crippen LogP contribution in [0.2, 0.25) is 0 Å². The number of alkyl halides is 3. The molecule has 0 aromatic heterocycles. The summed E-state index contributed by atoms with van der Waals surface area (Å²) in [5.41, 5.74) is -1.28. The van der Waals surface area contributed by atoms with Crippen molar-refractivity contribution in [3.05, 3.63) is 29.3 Å². The number of carbonyl (C=O) groups excluding carboxylic acids is 2. The lowest BCUT2D eigenvalue weighted by Gasteiger charge is -2.18. The summed E-state index contributed by atoms with van der Waals surface area (Å²) >= 11 is 0. The number of anilines is 1. The molecule has 1 fully saturated rings. The Bertz CT molecular complexity index is 601. The average molecular weight is 316 g/mol. The van der Waals surface area contributed by atoms with Crippen LogP contribution in [0.5, 0.6) is 0 Å². The van der Waals surface area contributed by atoms with Gasteiger partial charge in [0.15, 0.2) is 0 Å². The van der Waals surface area contributed by atoms with E-state index < -0.39 is 29.7 Å². The number of nitrogens with zero attached hydrogens (tertiary/aromatic N) is 1. The molecule has 2 N–H and O–H groups in total. The number of rotatable bonds is 2. The first-order chi connectivity index (χ1) is 10.2. The summed E-state index contributed by atoms with van der Waals surface area (Å²) in [5.74, 6) is -1.14. The Morgan fingerprint density at radius 2 is 2.00 bits per heavy atom. The third kappa shape index (κ3) is 3.76. The predicted molar refractivity (Wildman–Crippen MR) is 72.3 cm³/mol. The van der Waals surface area contributed by atoms with Crippen molar-refractivity contribution in [2.45, 2.75) is 25.6 Å². The number of amides is 2. The van der Waals surface area contributed by atoms with Crippen molar-refractivity contribution in [3.8, 4) is 0 Å². The first-order valence-corrected chi connectivity index (χ1v) is 6.64. The van der Waals surface area contributed by atoms with E-state index >= 15 is 0 Å². The zero-order chi connectivity index (χ0) is 16.5. The molecule has 2 amide bonds. The Morgan fingerprint density at radius 3 is 2.50 bits per heavy atom. The highest BCUT2D eigenvalue weighted by molar-refractivity contribution is 5.97. The smallest absolute Gasteiger partial charge is 0.391 e. The molecule has 0 aliphatic carbocycles. The molecule has 1 heterocycles. The van der Waals surface area contributed by atoms with E-state index in [9.17, 15) is 27.9 Å². The number of hydrogen-bond acceptors (Lipinski definition) is 3.